The molecular formula is C57H96O6. The number of unbranched alkanes of at least 4 members (excludes halogenated alkanes) is 24. The summed E-state index contributed by atoms with van der Waals surface area (Å²) in [6.45, 7) is 6.36. The Morgan fingerprint density at radius 1 is 0.349 bits per heavy atom. The van der Waals surface area contributed by atoms with Crippen molar-refractivity contribution in [1.82, 2.24) is 0 Å². The summed E-state index contributed by atoms with van der Waals surface area (Å²) in [6, 6.07) is 0. The average molecular weight is 877 g/mol. The summed E-state index contributed by atoms with van der Waals surface area (Å²) in [6.07, 6.45) is 65.6. The van der Waals surface area contributed by atoms with Crippen molar-refractivity contribution in [1.29, 1.82) is 0 Å². The Balaban J connectivity index is 4.38. The fourth-order valence-corrected chi connectivity index (χ4v) is 7.11. The van der Waals surface area contributed by atoms with Crippen molar-refractivity contribution in [3.63, 3.8) is 0 Å². The SMILES string of the molecule is CC\C=C/C=C\C=C/C=C\CCCCCCCC(=O)OC(COC(=O)CCCCCCCCCCC/C=C\C/C=C\C/C=C\CC)COC(=O)CCCCCCCCCCCCC. The van der Waals surface area contributed by atoms with Crippen LogP contribution in [-0.4, -0.2) is 37.2 Å². The number of hydrogen-bond acceptors (Lipinski definition) is 6. The van der Waals surface area contributed by atoms with E-state index in [1.54, 1.807) is 0 Å². The molecule has 0 amide bonds. The summed E-state index contributed by atoms with van der Waals surface area (Å²) in [7, 11) is 0. The van der Waals surface area contributed by atoms with Crippen LogP contribution in [0.4, 0.5) is 0 Å². The molecule has 0 fully saturated rings. The van der Waals surface area contributed by atoms with Gasteiger partial charge in [0.15, 0.2) is 6.10 Å². The summed E-state index contributed by atoms with van der Waals surface area (Å²) in [4.78, 5) is 38.0. The minimum Gasteiger partial charge on any atom is -0.462 e. The molecule has 0 spiro atoms. The van der Waals surface area contributed by atoms with Crippen LogP contribution >= 0.6 is 0 Å². The minimum atomic E-state index is -0.789. The Morgan fingerprint density at radius 3 is 1.16 bits per heavy atom. The van der Waals surface area contributed by atoms with Gasteiger partial charge in [0, 0.05) is 19.3 Å². The maximum atomic E-state index is 12.8. The summed E-state index contributed by atoms with van der Waals surface area (Å²) in [5.74, 6) is -0.915. The van der Waals surface area contributed by atoms with Gasteiger partial charge in [0.2, 0.25) is 0 Å². The number of allylic oxidation sites excluding steroid dienone is 14. The third-order valence-corrected chi connectivity index (χ3v) is 11.0. The van der Waals surface area contributed by atoms with Crippen LogP contribution in [0, 0.1) is 0 Å². The lowest BCUT2D eigenvalue weighted by Crippen LogP contribution is -2.30. The summed E-state index contributed by atoms with van der Waals surface area (Å²) in [5.41, 5.74) is 0. The van der Waals surface area contributed by atoms with E-state index in [4.69, 9.17) is 14.2 Å². The molecule has 0 saturated carbocycles. The molecule has 1 unspecified atom stereocenters. The number of esters is 3. The second-order valence-electron chi connectivity index (χ2n) is 17.1. The smallest absolute Gasteiger partial charge is 0.306 e. The molecule has 0 aromatic rings. The van der Waals surface area contributed by atoms with Crippen molar-refractivity contribution in [3.05, 3.63) is 85.1 Å². The Kier molecular flexibility index (Phi) is 48.5. The van der Waals surface area contributed by atoms with Gasteiger partial charge in [-0.3, -0.25) is 14.4 Å². The normalized spacial score (nSPS) is 12.7. The van der Waals surface area contributed by atoms with Crippen LogP contribution in [0.3, 0.4) is 0 Å². The second kappa shape index (κ2) is 51.2. The highest BCUT2D eigenvalue weighted by Gasteiger charge is 2.19. The van der Waals surface area contributed by atoms with Crippen LogP contribution in [-0.2, 0) is 28.6 Å². The molecule has 0 aliphatic rings. The van der Waals surface area contributed by atoms with Crippen molar-refractivity contribution in [3.8, 4) is 0 Å². The molecule has 6 nitrogen and oxygen atoms in total. The standard InChI is InChI=1S/C57H96O6/c1-4-7-10-13-16-19-22-24-26-27-28-29-31-32-35-38-41-44-47-50-56(59)62-53-54(52-61-55(58)49-46-43-40-37-34-21-18-15-12-9-6-3)63-57(60)51-48-45-42-39-36-33-30-25-23-20-17-14-11-8-5-2/h7-8,10-11,14,16-17,19-20,23-26,30,54H,4-6,9,12-13,15,18,21-22,27-29,31-53H2,1-3H3/b10-7-,11-8-,17-14-,19-16-,23-20-,26-24-,30-25-. The van der Waals surface area contributed by atoms with Gasteiger partial charge >= 0.3 is 17.9 Å². The van der Waals surface area contributed by atoms with E-state index in [0.717, 1.165) is 103 Å². The number of ether oxygens (including phenoxy) is 3. The molecule has 0 N–H and O–H groups in total. The van der Waals surface area contributed by atoms with E-state index in [9.17, 15) is 14.4 Å². The predicted octanol–water partition coefficient (Wildman–Crippen LogP) is 17.2. The monoisotopic (exact) mass is 877 g/mol. The van der Waals surface area contributed by atoms with Crippen molar-refractivity contribution in [2.45, 2.75) is 245 Å². The number of carbonyl (C=O) groups is 3. The molecule has 0 aromatic carbocycles. The lowest BCUT2D eigenvalue weighted by molar-refractivity contribution is -0.167. The van der Waals surface area contributed by atoms with E-state index in [1.165, 1.54) is 96.3 Å². The van der Waals surface area contributed by atoms with Crippen molar-refractivity contribution in [2.24, 2.45) is 0 Å². The third kappa shape index (κ3) is 49.5. The zero-order chi connectivity index (χ0) is 45.8. The second-order valence-corrected chi connectivity index (χ2v) is 17.1. The molecule has 0 saturated heterocycles. The zero-order valence-corrected chi connectivity index (χ0v) is 41.1. The highest BCUT2D eigenvalue weighted by atomic mass is 16.6. The van der Waals surface area contributed by atoms with E-state index in [-0.39, 0.29) is 31.1 Å². The first-order valence-electron chi connectivity index (χ1n) is 26.1. The van der Waals surface area contributed by atoms with Gasteiger partial charge in [0.25, 0.3) is 0 Å². The Hall–Kier alpha value is -3.41. The van der Waals surface area contributed by atoms with Crippen LogP contribution in [0.1, 0.15) is 239 Å². The van der Waals surface area contributed by atoms with E-state index in [0.29, 0.717) is 19.3 Å². The highest BCUT2D eigenvalue weighted by Crippen LogP contribution is 2.15. The summed E-state index contributed by atoms with van der Waals surface area (Å²) < 4.78 is 16.8. The molecule has 0 rings (SSSR count). The van der Waals surface area contributed by atoms with Gasteiger partial charge < -0.3 is 14.2 Å². The van der Waals surface area contributed by atoms with Gasteiger partial charge in [-0.15, -0.1) is 0 Å². The number of carbonyl (C=O) groups excluding carboxylic acids is 3. The Bertz CT molecular complexity index is 1240. The molecule has 6 heteroatoms. The Labute approximate surface area is 388 Å². The molecule has 0 aliphatic heterocycles. The molecule has 0 heterocycles. The van der Waals surface area contributed by atoms with Crippen molar-refractivity contribution < 1.29 is 28.6 Å². The number of rotatable bonds is 46. The molecule has 63 heavy (non-hydrogen) atoms. The first-order chi connectivity index (χ1) is 31.0. The molecular weight excluding hydrogens is 781 g/mol. The van der Waals surface area contributed by atoms with Gasteiger partial charge in [-0.2, -0.15) is 0 Å². The quantitative estimate of drug-likeness (QED) is 0.0199. The maximum Gasteiger partial charge on any atom is 0.306 e. The highest BCUT2D eigenvalue weighted by molar-refractivity contribution is 5.71. The minimum absolute atomic E-state index is 0.0868. The maximum absolute atomic E-state index is 12.8. The first kappa shape index (κ1) is 59.6. The largest absolute Gasteiger partial charge is 0.462 e. The van der Waals surface area contributed by atoms with Crippen molar-refractivity contribution >= 4 is 17.9 Å². The van der Waals surface area contributed by atoms with Crippen molar-refractivity contribution in [2.75, 3.05) is 13.2 Å². The van der Waals surface area contributed by atoms with Gasteiger partial charge in [-0.05, 0) is 70.6 Å². The van der Waals surface area contributed by atoms with Gasteiger partial charge in [0.1, 0.15) is 13.2 Å². The van der Waals surface area contributed by atoms with Gasteiger partial charge in [-0.25, -0.2) is 0 Å². The van der Waals surface area contributed by atoms with Gasteiger partial charge in [-0.1, -0.05) is 234 Å². The molecule has 360 valence electrons. The summed E-state index contributed by atoms with van der Waals surface area (Å²) in [5, 5.41) is 0. The lowest BCUT2D eigenvalue weighted by Gasteiger charge is -2.18. The molecule has 0 aliphatic carbocycles. The van der Waals surface area contributed by atoms with Gasteiger partial charge in [0.05, 0.1) is 0 Å². The van der Waals surface area contributed by atoms with Crippen LogP contribution < -0.4 is 0 Å². The molecule has 0 radical (unpaired) electrons. The van der Waals surface area contributed by atoms with Crippen LogP contribution in [0.2, 0.25) is 0 Å². The topological polar surface area (TPSA) is 78.9 Å². The number of hydrogen-bond donors (Lipinski definition) is 0. The van der Waals surface area contributed by atoms with E-state index >= 15 is 0 Å². The van der Waals surface area contributed by atoms with Crippen LogP contribution in [0.25, 0.3) is 0 Å². The Morgan fingerprint density at radius 2 is 0.698 bits per heavy atom. The third-order valence-electron chi connectivity index (χ3n) is 11.0. The fraction of sp³-hybridized carbons (Fsp3) is 0.702. The van der Waals surface area contributed by atoms with E-state index in [2.05, 4.69) is 87.6 Å². The van der Waals surface area contributed by atoms with E-state index in [1.807, 2.05) is 18.2 Å². The van der Waals surface area contributed by atoms with E-state index < -0.39 is 6.10 Å². The predicted molar refractivity (Wildman–Crippen MR) is 270 cm³/mol. The molecule has 0 aromatic heterocycles. The lowest BCUT2D eigenvalue weighted by atomic mass is 10.1. The zero-order valence-electron chi connectivity index (χ0n) is 41.1. The van der Waals surface area contributed by atoms with Crippen LogP contribution in [0.15, 0.2) is 85.1 Å². The fourth-order valence-electron chi connectivity index (χ4n) is 7.11. The average Bonchev–Trinajstić information content (AvgIpc) is 3.28. The van der Waals surface area contributed by atoms with Crippen LogP contribution in [0.5, 0.6) is 0 Å². The first-order valence-corrected chi connectivity index (χ1v) is 26.1. The molecule has 0 bridgehead atoms. The summed E-state index contributed by atoms with van der Waals surface area (Å²) >= 11 is 0. The molecule has 1 atom stereocenters.